The largest absolute Gasteiger partial charge is 0.227 e. The summed E-state index contributed by atoms with van der Waals surface area (Å²) in [4.78, 5) is 2.45. The van der Waals surface area contributed by atoms with Crippen LogP contribution in [0.1, 0.15) is 6.92 Å². The first-order chi connectivity index (χ1) is 6.04. The van der Waals surface area contributed by atoms with E-state index in [1.54, 1.807) is 6.07 Å². The van der Waals surface area contributed by atoms with Crippen molar-refractivity contribution < 1.29 is 8.42 Å². The van der Waals surface area contributed by atoms with E-state index < -0.39 is 15.3 Å². The Balaban J connectivity index is 4.06. The first-order valence-electron chi connectivity index (χ1n) is 3.43. The maximum absolute atomic E-state index is 11.1. The van der Waals surface area contributed by atoms with Crippen LogP contribution in [-0.2, 0) is 10.0 Å². The molecule has 0 amide bonds. The van der Waals surface area contributed by atoms with E-state index in [1.165, 1.54) is 6.92 Å². The molecule has 0 saturated carbocycles. The molecule has 0 spiro atoms. The highest BCUT2D eigenvalue weighted by Gasteiger charge is 2.18. The number of nitrogens with one attached hydrogen (secondary N) is 1. The summed E-state index contributed by atoms with van der Waals surface area (Å²) in [5.74, 6) is 0. The quantitative estimate of drug-likeness (QED) is 0.296. The molecule has 1 unspecified atom stereocenters. The Bertz CT molecular complexity index is 336. The van der Waals surface area contributed by atoms with Gasteiger partial charge in [-0.05, 0) is 12.5 Å². The van der Waals surface area contributed by atoms with E-state index in [0.29, 0.717) is 0 Å². The lowest BCUT2D eigenvalue weighted by atomic mass is 10.5. The lowest BCUT2D eigenvalue weighted by Gasteiger charge is -2.05. The van der Waals surface area contributed by atoms with E-state index in [1.807, 2.05) is 0 Å². The van der Waals surface area contributed by atoms with Gasteiger partial charge < -0.3 is 0 Å². The van der Waals surface area contributed by atoms with Crippen molar-refractivity contribution >= 4 is 10.0 Å². The molecule has 0 bridgehead atoms. The van der Waals surface area contributed by atoms with Crippen molar-refractivity contribution in [3.05, 3.63) is 10.4 Å². The number of hydrogen-bond acceptors (Lipinski definition) is 4. The molecule has 1 atom stereocenters. The van der Waals surface area contributed by atoms with Crippen LogP contribution in [0.3, 0.4) is 0 Å². The first-order valence-corrected chi connectivity index (χ1v) is 4.98. The molecule has 8 heteroatoms. The molecule has 13 heavy (non-hydrogen) atoms. The van der Waals surface area contributed by atoms with Gasteiger partial charge in [-0.25, -0.2) is 13.1 Å². The third-order valence-electron chi connectivity index (χ3n) is 1.23. The molecule has 0 aliphatic carbocycles. The molecular formula is C5H9N5O2S. The maximum Gasteiger partial charge on any atom is 0.227 e. The number of rotatable bonds is 5. The van der Waals surface area contributed by atoms with Crippen LogP contribution in [0.4, 0.5) is 0 Å². The Morgan fingerprint density at radius 2 is 2.38 bits per heavy atom. The minimum Gasteiger partial charge on any atom is -0.214 e. The maximum atomic E-state index is 11.1. The molecule has 7 nitrogen and oxygen atoms in total. The fraction of sp³-hybridized carbons (Fsp3) is 0.800. The molecule has 0 aliphatic rings. The number of azide groups is 1. The van der Waals surface area contributed by atoms with Gasteiger partial charge in [0.2, 0.25) is 10.0 Å². The van der Waals surface area contributed by atoms with Crippen LogP contribution < -0.4 is 4.72 Å². The topological polar surface area (TPSA) is 119 Å². The predicted octanol–water partition coefficient (Wildman–Crippen LogP) is 0.128. The van der Waals surface area contributed by atoms with Crippen LogP contribution in [0.15, 0.2) is 5.11 Å². The van der Waals surface area contributed by atoms with Crippen molar-refractivity contribution in [2.24, 2.45) is 5.11 Å². The van der Waals surface area contributed by atoms with E-state index in [0.717, 1.165) is 0 Å². The second-order valence-corrected chi connectivity index (χ2v) is 4.25. The molecule has 0 aromatic rings. The number of nitriles is 1. The Morgan fingerprint density at radius 1 is 1.77 bits per heavy atom. The molecule has 0 fully saturated rings. The lowest BCUT2D eigenvalue weighted by molar-refractivity contribution is 0.578. The van der Waals surface area contributed by atoms with Crippen LogP contribution in [-0.4, -0.2) is 26.8 Å². The Morgan fingerprint density at radius 3 is 2.85 bits per heavy atom. The molecule has 72 valence electrons. The second kappa shape index (κ2) is 5.37. The van der Waals surface area contributed by atoms with Crippen molar-refractivity contribution in [1.29, 1.82) is 5.26 Å². The summed E-state index contributed by atoms with van der Waals surface area (Å²) in [6, 6.07) is 1.59. The van der Waals surface area contributed by atoms with Gasteiger partial charge in [0.25, 0.3) is 0 Å². The highest BCUT2D eigenvalue weighted by molar-refractivity contribution is 7.90. The predicted molar refractivity (Wildman–Crippen MR) is 46.0 cm³/mol. The van der Waals surface area contributed by atoms with Crippen LogP contribution >= 0.6 is 0 Å². The zero-order valence-electron chi connectivity index (χ0n) is 7.01. The summed E-state index contributed by atoms with van der Waals surface area (Å²) in [7, 11) is -3.59. The van der Waals surface area contributed by atoms with Crippen molar-refractivity contribution in [3.8, 4) is 6.07 Å². The molecule has 0 radical (unpaired) electrons. The summed E-state index contributed by atoms with van der Waals surface area (Å²) in [6.07, 6.45) is 0. The van der Waals surface area contributed by atoms with Crippen LogP contribution in [0, 0.1) is 11.3 Å². The van der Waals surface area contributed by atoms with Gasteiger partial charge in [-0.3, -0.25) is 0 Å². The summed E-state index contributed by atoms with van der Waals surface area (Å²) in [6.45, 7) is 1.32. The smallest absolute Gasteiger partial charge is 0.214 e. The Hall–Kier alpha value is -1.29. The Kier molecular flexibility index (Phi) is 4.84. The van der Waals surface area contributed by atoms with E-state index in [4.69, 9.17) is 10.8 Å². The summed E-state index contributed by atoms with van der Waals surface area (Å²) < 4.78 is 24.2. The van der Waals surface area contributed by atoms with Gasteiger partial charge in [0, 0.05) is 18.0 Å². The summed E-state index contributed by atoms with van der Waals surface area (Å²) >= 11 is 0. The summed E-state index contributed by atoms with van der Waals surface area (Å²) in [5, 5.41) is 10.4. The molecule has 0 saturated heterocycles. The first kappa shape index (κ1) is 11.7. The molecule has 0 rings (SSSR count). The minimum atomic E-state index is -3.59. The van der Waals surface area contributed by atoms with Gasteiger partial charge in [0.1, 0.15) is 0 Å². The van der Waals surface area contributed by atoms with Gasteiger partial charge in [-0.15, -0.1) is 0 Å². The average Bonchev–Trinajstić information content (AvgIpc) is 2.11. The molecule has 0 heterocycles. The van der Waals surface area contributed by atoms with Gasteiger partial charge in [-0.1, -0.05) is 5.11 Å². The van der Waals surface area contributed by atoms with E-state index in [2.05, 4.69) is 14.7 Å². The zero-order chi connectivity index (χ0) is 10.3. The van der Waals surface area contributed by atoms with E-state index in [9.17, 15) is 8.42 Å². The van der Waals surface area contributed by atoms with Gasteiger partial charge in [0.15, 0.2) is 5.25 Å². The standard InChI is InChI=1S/C5H9N5O2S/c1-5(4-6)13(11,12)9-3-2-8-10-7/h5,9H,2-3H2,1H3. The minimum absolute atomic E-state index is 0.0123. The SMILES string of the molecule is CC(C#N)S(=O)(=O)NCCN=[N+]=[N-]. The molecular weight excluding hydrogens is 194 g/mol. The van der Waals surface area contributed by atoms with Crippen molar-refractivity contribution in [2.45, 2.75) is 12.2 Å². The lowest BCUT2D eigenvalue weighted by Crippen LogP contribution is -2.33. The number of nitrogens with zero attached hydrogens (tertiary/aromatic N) is 4. The summed E-state index contributed by atoms with van der Waals surface area (Å²) in [5.41, 5.74) is 7.88. The van der Waals surface area contributed by atoms with Gasteiger partial charge in [-0.2, -0.15) is 5.26 Å². The van der Waals surface area contributed by atoms with Gasteiger partial charge >= 0.3 is 0 Å². The van der Waals surface area contributed by atoms with Crippen LogP contribution in [0.25, 0.3) is 10.4 Å². The third kappa shape index (κ3) is 4.32. The molecule has 0 aromatic heterocycles. The number of sulfonamides is 1. The zero-order valence-corrected chi connectivity index (χ0v) is 7.82. The van der Waals surface area contributed by atoms with Crippen LogP contribution in [0.2, 0.25) is 0 Å². The molecule has 0 aliphatic heterocycles. The van der Waals surface area contributed by atoms with Crippen molar-refractivity contribution in [1.82, 2.24) is 4.72 Å². The Labute approximate surface area is 76.0 Å². The van der Waals surface area contributed by atoms with Gasteiger partial charge in [0.05, 0.1) is 6.07 Å². The highest BCUT2D eigenvalue weighted by Crippen LogP contribution is 1.94. The van der Waals surface area contributed by atoms with E-state index >= 15 is 0 Å². The monoisotopic (exact) mass is 203 g/mol. The van der Waals surface area contributed by atoms with E-state index in [-0.39, 0.29) is 13.1 Å². The fourth-order valence-corrected chi connectivity index (χ4v) is 1.24. The van der Waals surface area contributed by atoms with Crippen molar-refractivity contribution in [2.75, 3.05) is 13.1 Å². The van der Waals surface area contributed by atoms with Crippen LogP contribution in [0.5, 0.6) is 0 Å². The third-order valence-corrected chi connectivity index (χ3v) is 2.87. The normalized spacial score (nSPS) is 12.6. The average molecular weight is 203 g/mol. The molecule has 0 aromatic carbocycles. The van der Waals surface area contributed by atoms with Crippen molar-refractivity contribution in [3.63, 3.8) is 0 Å². The highest BCUT2D eigenvalue weighted by atomic mass is 32.2. The fourth-order valence-electron chi connectivity index (χ4n) is 0.477. The second-order valence-electron chi connectivity index (χ2n) is 2.17. The molecule has 1 N–H and O–H groups in total. The number of hydrogen-bond donors (Lipinski definition) is 1.